The Kier molecular flexibility index (Phi) is 6.01. The van der Waals surface area contributed by atoms with Crippen molar-refractivity contribution in [2.24, 2.45) is 5.92 Å². The zero-order valence-corrected chi connectivity index (χ0v) is 13.0. The molecular weight excluding hydrogens is 309 g/mol. The molecule has 0 aromatic heterocycles. The molecule has 0 spiro atoms. The van der Waals surface area contributed by atoms with Crippen LogP contribution in [0, 0.1) is 5.92 Å². The summed E-state index contributed by atoms with van der Waals surface area (Å²) in [6.07, 6.45) is -4.39. The first-order valence-corrected chi connectivity index (χ1v) is 7.62. The van der Waals surface area contributed by atoms with Gasteiger partial charge in [-0.15, -0.1) is 0 Å². The number of morpholine rings is 1. The van der Waals surface area contributed by atoms with Gasteiger partial charge < -0.3 is 10.1 Å². The van der Waals surface area contributed by atoms with Gasteiger partial charge in [0, 0.05) is 31.7 Å². The van der Waals surface area contributed by atoms with E-state index in [1.807, 2.05) is 6.92 Å². The van der Waals surface area contributed by atoms with Gasteiger partial charge in [0.15, 0.2) is 0 Å². The highest BCUT2D eigenvalue weighted by Gasteiger charge is 2.30. The van der Waals surface area contributed by atoms with Gasteiger partial charge in [-0.25, -0.2) is 0 Å². The number of amides is 1. The molecule has 0 radical (unpaired) electrons. The Morgan fingerprint density at radius 3 is 2.43 bits per heavy atom. The lowest BCUT2D eigenvalue weighted by Gasteiger charge is -2.29. The van der Waals surface area contributed by atoms with Crippen molar-refractivity contribution in [1.29, 1.82) is 0 Å². The minimum Gasteiger partial charge on any atom is -0.379 e. The third-order valence-electron chi connectivity index (χ3n) is 3.76. The molecule has 128 valence electrons. The van der Waals surface area contributed by atoms with E-state index in [9.17, 15) is 18.0 Å². The molecule has 1 atom stereocenters. The molecule has 1 aromatic rings. The van der Waals surface area contributed by atoms with E-state index in [1.165, 1.54) is 12.1 Å². The first-order chi connectivity index (χ1) is 10.9. The second-order valence-corrected chi connectivity index (χ2v) is 5.80. The molecule has 1 fully saturated rings. The van der Waals surface area contributed by atoms with Crippen LogP contribution in [0.1, 0.15) is 22.8 Å². The van der Waals surface area contributed by atoms with E-state index in [1.54, 1.807) is 0 Å². The monoisotopic (exact) mass is 330 g/mol. The van der Waals surface area contributed by atoms with Crippen molar-refractivity contribution < 1.29 is 22.7 Å². The van der Waals surface area contributed by atoms with Crippen LogP contribution in [0.15, 0.2) is 24.3 Å². The molecule has 0 aliphatic carbocycles. The summed E-state index contributed by atoms with van der Waals surface area (Å²) in [7, 11) is 0. The molecule has 4 nitrogen and oxygen atoms in total. The summed E-state index contributed by atoms with van der Waals surface area (Å²) in [6, 6.07) is 4.24. The van der Waals surface area contributed by atoms with E-state index in [0.717, 1.165) is 45.0 Å². The highest BCUT2D eigenvalue weighted by atomic mass is 19.4. The van der Waals surface area contributed by atoms with E-state index in [2.05, 4.69) is 10.2 Å². The summed E-state index contributed by atoms with van der Waals surface area (Å²) in [5.74, 6) is -0.0981. The van der Waals surface area contributed by atoms with Gasteiger partial charge in [-0.3, -0.25) is 9.69 Å². The minimum atomic E-state index is -4.39. The standard InChI is InChI=1S/C16H21F3N2O2/c1-12(11-21-6-8-23-9-7-21)10-20-15(22)13-2-4-14(5-3-13)16(17,18)19/h2-5,12H,6-11H2,1H3,(H,20,22). The number of carbonyl (C=O) groups is 1. The van der Waals surface area contributed by atoms with Gasteiger partial charge in [-0.1, -0.05) is 6.92 Å². The van der Waals surface area contributed by atoms with Gasteiger partial charge >= 0.3 is 6.18 Å². The SMILES string of the molecule is CC(CNC(=O)c1ccc(C(F)(F)F)cc1)CN1CCOCC1. The van der Waals surface area contributed by atoms with Crippen LogP contribution in [-0.2, 0) is 10.9 Å². The molecule has 1 heterocycles. The number of ether oxygens (including phenoxy) is 1. The van der Waals surface area contributed by atoms with Gasteiger partial charge in [0.2, 0.25) is 0 Å². The molecule has 1 aliphatic heterocycles. The molecule has 1 aromatic carbocycles. The fourth-order valence-corrected chi connectivity index (χ4v) is 2.47. The van der Waals surface area contributed by atoms with Crippen LogP contribution in [-0.4, -0.2) is 50.2 Å². The third-order valence-corrected chi connectivity index (χ3v) is 3.76. The number of nitrogens with zero attached hydrogens (tertiary/aromatic N) is 1. The van der Waals surface area contributed by atoms with Gasteiger partial charge in [0.25, 0.3) is 5.91 Å². The lowest BCUT2D eigenvalue weighted by molar-refractivity contribution is -0.137. The number of hydrogen-bond donors (Lipinski definition) is 1. The highest BCUT2D eigenvalue weighted by Crippen LogP contribution is 2.29. The molecule has 0 saturated carbocycles. The highest BCUT2D eigenvalue weighted by molar-refractivity contribution is 5.94. The van der Waals surface area contributed by atoms with Crippen LogP contribution in [0.4, 0.5) is 13.2 Å². The second kappa shape index (κ2) is 7.79. The van der Waals surface area contributed by atoms with Crippen molar-refractivity contribution in [2.45, 2.75) is 13.1 Å². The molecule has 2 rings (SSSR count). The summed E-state index contributed by atoms with van der Waals surface area (Å²) in [5.41, 5.74) is -0.522. The van der Waals surface area contributed by atoms with Crippen LogP contribution in [0.25, 0.3) is 0 Å². The Hall–Kier alpha value is -1.60. The quantitative estimate of drug-likeness (QED) is 0.901. The molecule has 23 heavy (non-hydrogen) atoms. The summed E-state index contributed by atoms with van der Waals surface area (Å²) in [5, 5.41) is 2.77. The van der Waals surface area contributed by atoms with Gasteiger partial charge in [0.05, 0.1) is 18.8 Å². The molecular formula is C16H21F3N2O2. The third kappa shape index (κ3) is 5.51. The van der Waals surface area contributed by atoms with E-state index in [-0.39, 0.29) is 17.4 Å². The van der Waals surface area contributed by atoms with E-state index >= 15 is 0 Å². The largest absolute Gasteiger partial charge is 0.416 e. The van der Waals surface area contributed by atoms with Crippen molar-refractivity contribution in [3.05, 3.63) is 35.4 Å². The van der Waals surface area contributed by atoms with Crippen molar-refractivity contribution in [3.8, 4) is 0 Å². The maximum Gasteiger partial charge on any atom is 0.416 e. The summed E-state index contributed by atoms with van der Waals surface area (Å²) < 4.78 is 42.7. The van der Waals surface area contributed by atoms with Crippen LogP contribution in [0.5, 0.6) is 0 Å². The van der Waals surface area contributed by atoms with Crippen LogP contribution in [0.2, 0.25) is 0 Å². The Morgan fingerprint density at radius 1 is 1.26 bits per heavy atom. The number of carbonyl (C=O) groups excluding carboxylic acids is 1. The van der Waals surface area contributed by atoms with Crippen LogP contribution >= 0.6 is 0 Å². The normalized spacial score (nSPS) is 17.7. The summed E-state index contributed by atoms with van der Waals surface area (Å²) in [4.78, 5) is 14.3. The van der Waals surface area contributed by atoms with E-state index in [0.29, 0.717) is 6.54 Å². The first kappa shape index (κ1) is 17.7. The maximum absolute atomic E-state index is 12.5. The fourth-order valence-electron chi connectivity index (χ4n) is 2.47. The topological polar surface area (TPSA) is 41.6 Å². The predicted octanol–water partition coefficient (Wildman–Crippen LogP) is 2.40. The number of hydrogen-bond acceptors (Lipinski definition) is 3. The second-order valence-electron chi connectivity index (χ2n) is 5.80. The lowest BCUT2D eigenvalue weighted by Crippen LogP contribution is -2.41. The zero-order valence-electron chi connectivity index (χ0n) is 13.0. The lowest BCUT2D eigenvalue weighted by atomic mass is 10.1. The van der Waals surface area contributed by atoms with Crippen molar-refractivity contribution in [2.75, 3.05) is 39.4 Å². The molecule has 1 aliphatic rings. The molecule has 1 unspecified atom stereocenters. The Balaban J connectivity index is 1.79. The fraction of sp³-hybridized carbons (Fsp3) is 0.562. The Labute approximate surface area is 133 Å². The molecule has 1 saturated heterocycles. The average molecular weight is 330 g/mol. The predicted molar refractivity (Wildman–Crippen MR) is 80.2 cm³/mol. The van der Waals surface area contributed by atoms with Gasteiger partial charge in [0.1, 0.15) is 0 Å². The summed E-state index contributed by atoms with van der Waals surface area (Å²) >= 11 is 0. The Morgan fingerprint density at radius 2 is 1.87 bits per heavy atom. The number of rotatable bonds is 5. The molecule has 1 amide bonds. The van der Waals surface area contributed by atoms with Crippen molar-refractivity contribution in [3.63, 3.8) is 0 Å². The number of halogens is 3. The molecule has 0 bridgehead atoms. The van der Waals surface area contributed by atoms with Gasteiger partial charge in [-0.05, 0) is 30.2 Å². The number of benzene rings is 1. The van der Waals surface area contributed by atoms with Crippen LogP contribution in [0.3, 0.4) is 0 Å². The van der Waals surface area contributed by atoms with E-state index in [4.69, 9.17) is 4.74 Å². The molecule has 1 N–H and O–H groups in total. The van der Waals surface area contributed by atoms with E-state index < -0.39 is 11.7 Å². The van der Waals surface area contributed by atoms with Crippen LogP contribution < -0.4 is 5.32 Å². The summed E-state index contributed by atoms with van der Waals surface area (Å²) in [6.45, 7) is 6.60. The van der Waals surface area contributed by atoms with Gasteiger partial charge in [-0.2, -0.15) is 13.2 Å². The Bertz CT molecular complexity index is 511. The first-order valence-electron chi connectivity index (χ1n) is 7.62. The average Bonchev–Trinajstić information content (AvgIpc) is 2.53. The number of nitrogens with one attached hydrogen (secondary N) is 1. The number of alkyl halides is 3. The molecule has 7 heteroatoms. The minimum absolute atomic E-state index is 0.233. The van der Waals surface area contributed by atoms with Crippen molar-refractivity contribution in [1.82, 2.24) is 10.2 Å². The van der Waals surface area contributed by atoms with Crippen molar-refractivity contribution >= 4 is 5.91 Å². The maximum atomic E-state index is 12.5. The smallest absolute Gasteiger partial charge is 0.379 e. The zero-order chi connectivity index (χ0) is 16.9.